The van der Waals surface area contributed by atoms with E-state index >= 15 is 0 Å². The van der Waals surface area contributed by atoms with E-state index in [1.807, 2.05) is 21.1 Å². The fourth-order valence-corrected chi connectivity index (χ4v) is 7.00. The fraction of sp³-hybridized carbons (Fsp3) is 0.976. The van der Waals surface area contributed by atoms with Crippen LogP contribution in [0, 0.1) is 0 Å². The van der Waals surface area contributed by atoms with E-state index in [1.165, 1.54) is 154 Å². The van der Waals surface area contributed by atoms with Crippen LogP contribution in [0.3, 0.4) is 0 Å². The molecule has 0 aliphatic heterocycles. The second-order valence-electron chi connectivity index (χ2n) is 16.1. The number of unbranched alkanes of at least 4 members (excludes halogenated alkanes) is 27. The summed E-state index contributed by atoms with van der Waals surface area (Å²) >= 11 is 0. The number of phosphoric acid groups is 1. The molecule has 0 heterocycles. The van der Waals surface area contributed by atoms with E-state index < -0.39 is 13.9 Å². The minimum atomic E-state index is -4.26. The molecule has 0 aliphatic carbocycles. The number of hydrogen-bond acceptors (Lipinski definition) is 6. The highest BCUT2D eigenvalue weighted by atomic mass is 31.2. The second kappa shape index (κ2) is 36.5. The molecule has 1 N–H and O–H groups in total. The SMILES string of the molecule is CCCCCCCCCCCCCCCCCC(=O)O[C@@H](COCCCCCCCCCCCCCCCC)COP(=O)(O)OCC[N+](C)(C)C. The summed E-state index contributed by atoms with van der Waals surface area (Å²) in [6, 6.07) is 0. The molecule has 0 saturated carbocycles. The molecule has 51 heavy (non-hydrogen) atoms. The summed E-state index contributed by atoms with van der Waals surface area (Å²) in [7, 11) is 1.68. The van der Waals surface area contributed by atoms with E-state index in [0.29, 0.717) is 24.1 Å². The van der Waals surface area contributed by atoms with Gasteiger partial charge in [-0.25, -0.2) is 4.57 Å². The molecule has 8 nitrogen and oxygen atoms in total. The first-order chi connectivity index (χ1) is 24.6. The molecule has 0 bridgehead atoms. The van der Waals surface area contributed by atoms with Crippen LogP contribution in [-0.4, -0.2) is 75.6 Å². The van der Waals surface area contributed by atoms with Gasteiger partial charge in [-0.1, -0.05) is 187 Å². The predicted molar refractivity (Wildman–Crippen MR) is 215 cm³/mol. The maximum absolute atomic E-state index is 12.7. The van der Waals surface area contributed by atoms with Crippen LogP contribution in [0.1, 0.15) is 206 Å². The van der Waals surface area contributed by atoms with Gasteiger partial charge in [-0.15, -0.1) is 0 Å². The van der Waals surface area contributed by atoms with E-state index in [2.05, 4.69) is 13.8 Å². The summed E-state index contributed by atoms with van der Waals surface area (Å²) in [5.41, 5.74) is 0. The van der Waals surface area contributed by atoms with Crippen LogP contribution in [0.5, 0.6) is 0 Å². The second-order valence-corrected chi connectivity index (χ2v) is 17.5. The zero-order chi connectivity index (χ0) is 37.7. The van der Waals surface area contributed by atoms with Gasteiger partial charge in [0.1, 0.15) is 19.3 Å². The lowest BCUT2D eigenvalue weighted by molar-refractivity contribution is -0.870. The number of carbonyl (C=O) groups excluding carboxylic acids is 1. The Hall–Kier alpha value is -0.500. The summed E-state index contributed by atoms with van der Waals surface area (Å²) in [5, 5.41) is 0. The number of quaternary nitrogens is 1. The topological polar surface area (TPSA) is 91.3 Å². The van der Waals surface area contributed by atoms with Gasteiger partial charge in [0.05, 0.1) is 34.4 Å². The molecule has 9 heteroatoms. The first-order valence-corrected chi connectivity index (χ1v) is 23.3. The van der Waals surface area contributed by atoms with Crippen molar-refractivity contribution in [1.29, 1.82) is 0 Å². The zero-order valence-corrected chi connectivity index (χ0v) is 35.5. The van der Waals surface area contributed by atoms with Gasteiger partial charge in [0, 0.05) is 13.0 Å². The Bertz CT molecular complexity index is 792. The molecule has 1 unspecified atom stereocenters. The lowest BCUT2D eigenvalue weighted by Crippen LogP contribution is -2.37. The molecule has 0 aromatic rings. The maximum Gasteiger partial charge on any atom is 0.472 e. The lowest BCUT2D eigenvalue weighted by atomic mass is 10.0. The largest absolute Gasteiger partial charge is 0.472 e. The molecule has 306 valence electrons. The number of carbonyl (C=O) groups is 1. The minimum absolute atomic E-state index is 0.0938. The first kappa shape index (κ1) is 50.5. The molecule has 0 radical (unpaired) electrons. The monoisotopic (exact) mass is 749 g/mol. The van der Waals surface area contributed by atoms with Crippen molar-refractivity contribution in [3.8, 4) is 0 Å². The van der Waals surface area contributed by atoms with Gasteiger partial charge in [0.25, 0.3) is 0 Å². The summed E-state index contributed by atoms with van der Waals surface area (Å²) in [6.45, 7) is 5.67. The Morgan fingerprint density at radius 1 is 0.529 bits per heavy atom. The van der Waals surface area contributed by atoms with Crippen molar-refractivity contribution in [3.63, 3.8) is 0 Å². The number of esters is 1. The smallest absolute Gasteiger partial charge is 0.457 e. The number of phosphoric ester groups is 1. The fourth-order valence-electron chi connectivity index (χ4n) is 6.26. The predicted octanol–water partition coefficient (Wildman–Crippen LogP) is 12.5. The van der Waals surface area contributed by atoms with E-state index in [4.69, 9.17) is 18.5 Å². The van der Waals surface area contributed by atoms with Gasteiger partial charge in [-0.3, -0.25) is 13.8 Å². The average Bonchev–Trinajstić information content (AvgIpc) is 3.08. The molecule has 0 aliphatic rings. The Balaban J connectivity index is 4.20. The molecule has 0 amide bonds. The van der Waals surface area contributed by atoms with E-state index in [1.54, 1.807) is 0 Å². The summed E-state index contributed by atoms with van der Waals surface area (Å²) < 4.78 is 35.0. The number of likely N-dealkylation sites (N-methyl/N-ethyl adjacent to an activating group) is 1. The van der Waals surface area contributed by atoms with Gasteiger partial charge in [0.2, 0.25) is 0 Å². The van der Waals surface area contributed by atoms with Gasteiger partial charge < -0.3 is 18.9 Å². The summed E-state index contributed by atoms with van der Waals surface area (Å²) in [6.07, 6.45) is 36.9. The highest BCUT2D eigenvalue weighted by Gasteiger charge is 2.26. The molecular formula is C42H87NO7P+. The van der Waals surface area contributed by atoms with Crippen LogP contribution in [0.4, 0.5) is 0 Å². The number of nitrogens with zero attached hydrogens (tertiary/aromatic N) is 1. The molecule has 2 atom stereocenters. The number of ether oxygens (including phenoxy) is 2. The summed E-state index contributed by atoms with van der Waals surface area (Å²) in [5.74, 6) is -0.308. The highest BCUT2D eigenvalue weighted by Crippen LogP contribution is 2.43. The molecule has 0 rings (SSSR count). The maximum atomic E-state index is 12.7. The van der Waals surface area contributed by atoms with Crippen molar-refractivity contribution >= 4 is 13.8 Å². The third-order valence-electron chi connectivity index (χ3n) is 9.67. The van der Waals surface area contributed by atoms with E-state index in [9.17, 15) is 14.3 Å². The number of rotatable bonds is 41. The Labute approximate surface area is 317 Å². The van der Waals surface area contributed by atoms with Crippen LogP contribution in [0.2, 0.25) is 0 Å². The molecular weight excluding hydrogens is 661 g/mol. The standard InChI is InChI=1S/C42H86NO7P/c1-6-8-10-12-14-16-18-20-22-23-25-27-29-31-33-35-42(44)50-41(40-49-51(45,46)48-38-36-43(3,4)5)39-47-37-34-32-30-28-26-24-21-19-17-15-13-11-9-7-2/h41H,6-40H2,1-5H3/p+1/t41-/m0/s1. The average molecular weight is 749 g/mol. The Kier molecular flexibility index (Phi) is 36.1. The van der Waals surface area contributed by atoms with Crippen molar-refractivity contribution in [3.05, 3.63) is 0 Å². The van der Waals surface area contributed by atoms with E-state index in [-0.39, 0.29) is 25.8 Å². The van der Waals surface area contributed by atoms with Crippen molar-refractivity contribution in [2.24, 2.45) is 0 Å². The quantitative estimate of drug-likeness (QED) is 0.0288. The molecule has 0 aromatic carbocycles. The Morgan fingerprint density at radius 3 is 1.29 bits per heavy atom. The van der Waals surface area contributed by atoms with Gasteiger partial charge >= 0.3 is 13.8 Å². The molecule has 0 fully saturated rings. The van der Waals surface area contributed by atoms with Crippen LogP contribution in [0.15, 0.2) is 0 Å². The number of hydrogen-bond donors (Lipinski definition) is 1. The lowest BCUT2D eigenvalue weighted by Gasteiger charge is -2.24. The molecule has 0 aromatic heterocycles. The minimum Gasteiger partial charge on any atom is -0.457 e. The zero-order valence-electron chi connectivity index (χ0n) is 34.6. The first-order valence-electron chi connectivity index (χ1n) is 21.8. The highest BCUT2D eigenvalue weighted by molar-refractivity contribution is 7.47. The molecule has 0 spiro atoms. The van der Waals surface area contributed by atoms with Crippen LogP contribution >= 0.6 is 7.82 Å². The van der Waals surface area contributed by atoms with Crippen molar-refractivity contribution < 1.29 is 37.3 Å². The Morgan fingerprint density at radius 2 is 0.902 bits per heavy atom. The van der Waals surface area contributed by atoms with Crippen molar-refractivity contribution in [2.45, 2.75) is 213 Å². The van der Waals surface area contributed by atoms with E-state index in [0.717, 1.165) is 32.1 Å². The van der Waals surface area contributed by atoms with Gasteiger partial charge in [-0.2, -0.15) is 0 Å². The summed E-state index contributed by atoms with van der Waals surface area (Å²) in [4.78, 5) is 22.8. The van der Waals surface area contributed by atoms with Gasteiger partial charge in [-0.05, 0) is 12.8 Å². The van der Waals surface area contributed by atoms with Crippen LogP contribution in [-0.2, 0) is 27.9 Å². The van der Waals surface area contributed by atoms with Gasteiger partial charge in [0.15, 0.2) is 0 Å². The van der Waals surface area contributed by atoms with Crippen LogP contribution < -0.4 is 0 Å². The van der Waals surface area contributed by atoms with Crippen molar-refractivity contribution in [1.82, 2.24) is 0 Å². The third kappa shape index (κ3) is 40.5. The normalized spacial score (nSPS) is 13.8. The van der Waals surface area contributed by atoms with Crippen LogP contribution in [0.25, 0.3) is 0 Å². The molecule has 0 saturated heterocycles. The van der Waals surface area contributed by atoms with Crippen molar-refractivity contribution in [2.75, 3.05) is 54.1 Å². The third-order valence-corrected chi connectivity index (χ3v) is 10.7.